The zero-order chi connectivity index (χ0) is 10.8. The van der Waals surface area contributed by atoms with Crippen molar-refractivity contribution in [2.45, 2.75) is 25.5 Å². The summed E-state index contributed by atoms with van der Waals surface area (Å²) in [6, 6.07) is 8.06. The molecule has 1 N–H and O–H groups in total. The molecular formula is C12H14N2O. The molecule has 0 aliphatic carbocycles. The summed E-state index contributed by atoms with van der Waals surface area (Å²) >= 11 is 0. The molecule has 0 aromatic heterocycles. The topological polar surface area (TPSA) is 45.0 Å². The van der Waals surface area contributed by atoms with Crippen molar-refractivity contribution in [1.29, 1.82) is 5.26 Å². The first-order valence-corrected chi connectivity index (χ1v) is 5.11. The highest BCUT2D eigenvalue weighted by Crippen LogP contribution is 2.30. The van der Waals surface area contributed by atoms with Crippen LogP contribution in [0.4, 0.5) is 0 Å². The molecule has 78 valence electrons. The molecule has 0 spiro atoms. The van der Waals surface area contributed by atoms with Crippen molar-refractivity contribution in [2.24, 2.45) is 0 Å². The summed E-state index contributed by atoms with van der Waals surface area (Å²) in [7, 11) is 1.93. The van der Waals surface area contributed by atoms with Crippen molar-refractivity contribution in [3.8, 4) is 11.8 Å². The van der Waals surface area contributed by atoms with Gasteiger partial charge in [-0.1, -0.05) is 0 Å². The first-order valence-electron chi connectivity index (χ1n) is 5.11. The van der Waals surface area contributed by atoms with Gasteiger partial charge in [-0.25, -0.2) is 0 Å². The minimum atomic E-state index is 0.180. The van der Waals surface area contributed by atoms with Gasteiger partial charge in [0.25, 0.3) is 0 Å². The van der Waals surface area contributed by atoms with Gasteiger partial charge in [-0.15, -0.1) is 0 Å². The van der Waals surface area contributed by atoms with Crippen LogP contribution in [0.1, 0.15) is 18.1 Å². The number of nitrogens with one attached hydrogen (secondary N) is 1. The molecule has 1 aromatic rings. The molecule has 3 nitrogen and oxygen atoms in total. The van der Waals surface area contributed by atoms with Crippen LogP contribution in [0.3, 0.4) is 0 Å². The number of likely N-dealkylation sites (N-methyl/N-ethyl adjacent to an activating group) is 1. The fourth-order valence-electron chi connectivity index (χ4n) is 1.81. The molecular weight excluding hydrogens is 188 g/mol. The van der Waals surface area contributed by atoms with Crippen molar-refractivity contribution >= 4 is 0 Å². The number of ether oxygens (including phenoxy) is 1. The predicted octanol–water partition coefficient (Wildman–Crippen LogP) is 1.47. The van der Waals surface area contributed by atoms with Gasteiger partial charge in [-0.05, 0) is 37.7 Å². The second-order valence-electron chi connectivity index (χ2n) is 3.87. The molecule has 2 rings (SSSR count). The molecule has 1 aromatic carbocycles. The van der Waals surface area contributed by atoms with Crippen molar-refractivity contribution < 1.29 is 4.74 Å². The van der Waals surface area contributed by atoms with E-state index in [4.69, 9.17) is 10.00 Å². The van der Waals surface area contributed by atoms with Crippen LogP contribution in [0, 0.1) is 11.3 Å². The average Bonchev–Trinajstić information content (AvgIpc) is 2.70. The van der Waals surface area contributed by atoms with Crippen molar-refractivity contribution in [3.63, 3.8) is 0 Å². The first-order chi connectivity index (χ1) is 7.24. The van der Waals surface area contributed by atoms with Crippen LogP contribution < -0.4 is 10.1 Å². The smallest absolute Gasteiger partial charge is 0.123 e. The SMILES string of the molecule is CNC(C)C1Cc2cc(C#N)ccc2O1. The summed E-state index contributed by atoms with van der Waals surface area (Å²) in [4.78, 5) is 0. The van der Waals surface area contributed by atoms with E-state index in [1.165, 1.54) is 0 Å². The van der Waals surface area contributed by atoms with Gasteiger partial charge in [-0.2, -0.15) is 5.26 Å². The summed E-state index contributed by atoms with van der Waals surface area (Å²) in [5.74, 6) is 0.918. The summed E-state index contributed by atoms with van der Waals surface area (Å²) in [5.41, 5.74) is 1.84. The molecule has 2 unspecified atom stereocenters. The Balaban J connectivity index is 2.21. The monoisotopic (exact) mass is 202 g/mol. The van der Waals surface area contributed by atoms with Crippen LogP contribution in [0.15, 0.2) is 18.2 Å². The van der Waals surface area contributed by atoms with E-state index in [1.807, 2.05) is 19.2 Å². The summed E-state index contributed by atoms with van der Waals surface area (Å²) in [5, 5.41) is 12.0. The minimum Gasteiger partial charge on any atom is -0.488 e. The minimum absolute atomic E-state index is 0.180. The van der Waals surface area contributed by atoms with Gasteiger partial charge >= 0.3 is 0 Å². The quantitative estimate of drug-likeness (QED) is 0.789. The van der Waals surface area contributed by atoms with E-state index in [2.05, 4.69) is 18.3 Å². The van der Waals surface area contributed by atoms with Gasteiger partial charge in [0.05, 0.1) is 11.6 Å². The lowest BCUT2D eigenvalue weighted by atomic mass is 10.0. The van der Waals surface area contributed by atoms with Gasteiger partial charge in [0.15, 0.2) is 0 Å². The fraction of sp³-hybridized carbons (Fsp3) is 0.417. The first kappa shape index (κ1) is 10.0. The normalized spacial score (nSPS) is 20.2. The van der Waals surface area contributed by atoms with Gasteiger partial charge in [-0.3, -0.25) is 0 Å². The third-order valence-electron chi connectivity index (χ3n) is 2.90. The highest BCUT2D eigenvalue weighted by Gasteiger charge is 2.26. The van der Waals surface area contributed by atoms with E-state index in [0.717, 1.165) is 17.7 Å². The Hall–Kier alpha value is -1.53. The molecule has 1 heterocycles. The number of benzene rings is 1. The van der Waals surface area contributed by atoms with Crippen LogP contribution in [0.25, 0.3) is 0 Å². The molecule has 2 atom stereocenters. The lowest BCUT2D eigenvalue weighted by Crippen LogP contribution is -2.37. The second kappa shape index (κ2) is 3.92. The van der Waals surface area contributed by atoms with E-state index < -0.39 is 0 Å². The maximum atomic E-state index is 8.79. The third kappa shape index (κ3) is 1.81. The maximum Gasteiger partial charge on any atom is 0.123 e. The summed E-state index contributed by atoms with van der Waals surface area (Å²) in [6.45, 7) is 2.10. The van der Waals surface area contributed by atoms with Gasteiger partial charge < -0.3 is 10.1 Å². The Kier molecular flexibility index (Phi) is 2.61. The fourth-order valence-corrected chi connectivity index (χ4v) is 1.81. The Labute approximate surface area is 89.7 Å². The summed E-state index contributed by atoms with van der Waals surface area (Å²) < 4.78 is 5.79. The Bertz CT molecular complexity index is 409. The number of hydrogen-bond acceptors (Lipinski definition) is 3. The van der Waals surface area contributed by atoms with Crippen molar-refractivity contribution in [3.05, 3.63) is 29.3 Å². The molecule has 3 heteroatoms. The van der Waals surface area contributed by atoms with Gasteiger partial charge in [0.2, 0.25) is 0 Å². The lowest BCUT2D eigenvalue weighted by molar-refractivity contribution is 0.191. The number of rotatable bonds is 2. The van der Waals surface area contributed by atoms with Crippen molar-refractivity contribution in [2.75, 3.05) is 7.05 Å². The molecule has 0 bridgehead atoms. The Morgan fingerprint density at radius 2 is 2.40 bits per heavy atom. The lowest BCUT2D eigenvalue weighted by Gasteiger charge is -2.17. The summed E-state index contributed by atoms with van der Waals surface area (Å²) in [6.07, 6.45) is 1.06. The highest BCUT2D eigenvalue weighted by atomic mass is 16.5. The number of hydrogen-bond donors (Lipinski definition) is 1. The maximum absolute atomic E-state index is 8.79. The number of nitriles is 1. The molecule has 0 saturated carbocycles. The number of fused-ring (bicyclic) bond motifs is 1. The second-order valence-corrected chi connectivity index (χ2v) is 3.87. The van der Waals surface area contributed by atoms with Gasteiger partial charge in [0.1, 0.15) is 11.9 Å². The Morgan fingerprint density at radius 3 is 3.07 bits per heavy atom. The largest absolute Gasteiger partial charge is 0.488 e. The molecule has 0 fully saturated rings. The van der Waals surface area contributed by atoms with E-state index in [1.54, 1.807) is 6.07 Å². The van der Waals surface area contributed by atoms with E-state index in [-0.39, 0.29) is 6.10 Å². The third-order valence-corrected chi connectivity index (χ3v) is 2.90. The van der Waals surface area contributed by atoms with Crippen LogP contribution in [-0.4, -0.2) is 19.2 Å². The molecule has 1 aliphatic heterocycles. The zero-order valence-corrected chi connectivity index (χ0v) is 8.95. The predicted molar refractivity (Wildman–Crippen MR) is 57.8 cm³/mol. The standard InChI is InChI=1S/C12H14N2O/c1-8(14-2)12-6-10-5-9(7-13)3-4-11(10)15-12/h3-5,8,12,14H,6H2,1-2H3. The van der Waals surface area contributed by atoms with E-state index in [9.17, 15) is 0 Å². The van der Waals surface area contributed by atoms with Crippen LogP contribution in [0.2, 0.25) is 0 Å². The van der Waals surface area contributed by atoms with Gasteiger partial charge in [0, 0.05) is 12.5 Å². The van der Waals surface area contributed by atoms with Crippen LogP contribution in [-0.2, 0) is 6.42 Å². The molecule has 0 saturated heterocycles. The zero-order valence-electron chi connectivity index (χ0n) is 8.95. The molecule has 0 radical (unpaired) electrons. The van der Waals surface area contributed by atoms with Crippen LogP contribution in [0.5, 0.6) is 5.75 Å². The molecule has 0 amide bonds. The Morgan fingerprint density at radius 1 is 1.60 bits per heavy atom. The van der Waals surface area contributed by atoms with Crippen LogP contribution >= 0.6 is 0 Å². The molecule has 1 aliphatic rings. The van der Waals surface area contributed by atoms with Crippen molar-refractivity contribution in [1.82, 2.24) is 5.32 Å². The van der Waals surface area contributed by atoms with E-state index >= 15 is 0 Å². The average molecular weight is 202 g/mol. The number of nitrogens with zero attached hydrogens (tertiary/aromatic N) is 1. The molecule has 15 heavy (non-hydrogen) atoms. The highest BCUT2D eigenvalue weighted by molar-refractivity contribution is 5.44. The van der Waals surface area contributed by atoms with E-state index in [0.29, 0.717) is 11.6 Å².